The molecule has 138 valence electrons. The van der Waals surface area contributed by atoms with Crippen molar-refractivity contribution in [1.82, 2.24) is 20.4 Å². The van der Waals surface area contributed by atoms with Gasteiger partial charge in [-0.3, -0.25) is 14.8 Å². The summed E-state index contributed by atoms with van der Waals surface area (Å²) in [5.41, 5.74) is 2.77. The summed E-state index contributed by atoms with van der Waals surface area (Å²) in [7, 11) is 0. The largest absolute Gasteiger partial charge is 0.493 e. The molecule has 2 aromatic rings. The molecule has 0 bridgehead atoms. The molecular weight excluding hydrogens is 330 g/mol. The first-order chi connectivity index (χ1) is 12.8. The van der Waals surface area contributed by atoms with Crippen LogP contribution in [0.5, 0.6) is 5.75 Å². The van der Waals surface area contributed by atoms with Gasteiger partial charge in [0.2, 0.25) is 5.91 Å². The molecule has 0 spiro atoms. The van der Waals surface area contributed by atoms with Crippen LogP contribution in [-0.2, 0) is 4.79 Å². The van der Waals surface area contributed by atoms with Crippen molar-refractivity contribution in [2.24, 2.45) is 0 Å². The Morgan fingerprint density at radius 1 is 1.27 bits per heavy atom. The lowest BCUT2D eigenvalue weighted by Gasteiger charge is -2.43. The molecule has 1 atom stereocenters. The Kier molecular flexibility index (Phi) is 4.90. The highest BCUT2D eigenvalue weighted by Crippen LogP contribution is 2.34. The molecular formula is C19H25N5O2. The van der Waals surface area contributed by atoms with Crippen molar-refractivity contribution in [1.29, 1.82) is 0 Å². The fourth-order valence-corrected chi connectivity index (χ4v) is 3.67. The molecule has 3 heterocycles. The van der Waals surface area contributed by atoms with Crippen molar-refractivity contribution >= 4 is 11.6 Å². The molecule has 2 aliphatic heterocycles. The SMILES string of the molecule is CCCOc1cc(N2CCN3CCNC[C@@H]3C2=O)ccc1-c1ccn[nH]1. The lowest BCUT2D eigenvalue weighted by atomic mass is 10.1. The predicted octanol–water partition coefficient (Wildman–Crippen LogP) is 1.49. The third-order valence-electron chi connectivity index (χ3n) is 5.05. The fourth-order valence-electron chi connectivity index (χ4n) is 3.67. The molecule has 2 fully saturated rings. The second-order valence-corrected chi connectivity index (χ2v) is 6.75. The van der Waals surface area contributed by atoms with Crippen LogP contribution in [0.15, 0.2) is 30.5 Å². The number of benzene rings is 1. The predicted molar refractivity (Wildman–Crippen MR) is 100 cm³/mol. The number of aromatic amines is 1. The Labute approximate surface area is 153 Å². The van der Waals surface area contributed by atoms with Gasteiger partial charge < -0.3 is 15.0 Å². The van der Waals surface area contributed by atoms with E-state index in [1.807, 2.05) is 29.2 Å². The van der Waals surface area contributed by atoms with Gasteiger partial charge in [0.05, 0.1) is 12.3 Å². The lowest BCUT2D eigenvalue weighted by Crippen LogP contribution is -2.64. The average molecular weight is 355 g/mol. The topological polar surface area (TPSA) is 73.5 Å². The Morgan fingerprint density at radius 2 is 2.19 bits per heavy atom. The zero-order valence-electron chi connectivity index (χ0n) is 15.1. The van der Waals surface area contributed by atoms with Crippen molar-refractivity contribution in [2.75, 3.05) is 44.2 Å². The van der Waals surface area contributed by atoms with Gasteiger partial charge in [-0.1, -0.05) is 6.92 Å². The second kappa shape index (κ2) is 7.47. The van der Waals surface area contributed by atoms with Gasteiger partial charge >= 0.3 is 0 Å². The molecule has 7 nitrogen and oxygen atoms in total. The minimum atomic E-state index is -0.0650. The van der Waals surface area contributed by atoms with Crippen LogP contribution in [0.25, 0.3) is 11.3 Å². The van der Waals surface area contributed by atoms with Gasteiger partial charge in [-0.25, -0.2) is 0 Å². The van der Waals surface area contributed by atoms with Crippen LogP contribution in [0.4, 0.5) is 5.69 Å². The molecule has 0 radical (unpaired) electrons. The van der Waals surface area contributed by atoms with Crippen LogP contribution in [0.1, 0.15) is 13.3 Å². The number of rotatable bonds is 5. The maximum atomic E-state index is 13.0. The number of hydrogen-bond donors (Lipinski definition) is 2. The van der Waals surface area contributed by atoms with Crippen LogP contribution < -0.4 is 15.0 Å². The first-order valence-corrected chi connectivity index (χ1v) is 9.30. The number of aromatic nitrogens is 2. The van der Waals surface area contributed by atoms with E-state index in [9.17, 15) is 4.79 Å². The van der Waals surface area contributed by atoms with E-state index in [1.54, 1.807) is 6.20 Å². The van der Waals surface area contributed by atoms with Crippen LogP contribution in [0.3, 0.4) is 0 Å². The van der Waals surface area contributed by atoms with Gasteiger partial charge in [0.25, 0.3) is 0 Å². The summed E-state index contributed by atoms with van der Waals surface area (Å²) in [4.78, 5) is 17.2. The van der Waals surface area contributed by atoms with E-state index >= 15 is 0 Å². The number of carbonyl (C=O) groups excluding carboxylic acids is 1. The maximum absolute atomic E-state index is 13.0. The molecule has 1 aromatic heterocycles. The maximum Gasteiger partial charge on any atom is 0.245 e. The average Bonchev–Trinajstić information content (AvgIpc) is 3.21. The number of piperazine rings is 2. The molecule has 4 rings (SSSR count). The van der Waals surface area contributed by atoms with Crippen LogP contribution in [0.2, 0.25) is 0 Å². The van der Waals surface area contributed by atoms with Gasteiger partial charge in [0, 0.05) is 56.2 Å². The Bertz CT molecular complexity index is 761. The summed E-state index contributed by atoms with van der Waals surface area (Å²) >= 11 is 0. The van der Waals surface area contributed by atoms with Gasteiger partial charge in [-0.15, -0.1) is 0 Å². The van der Waals surface area contributed by atoms with Crippen molar-refractivity contribution in [3.63, 3.8) is 0 Å². The first-order valence-electron chi connectivity index (χ1n) is 9.30. The summed E-state index contributed by atoms with van der Waals surface area (Å²) in [6, 6.07) is 7.84. The third kappa shape index (κ3) is 3.20. The van der Waals surface area contributed by atoms with Gasteiger partial charge in [0.15, 0.2) is 0 Å². The summed E-state index contributed by atoms with van der Waals surface area (Å²) in [6.07, 6.45) is 2.66. The standard InChI is InChI=1S/C19H25N5O2/c1-2-11-26-18-12-14(3-4-15(18)16-5-6-21-22-16)24-10-9-23-8-7-20-13-17(23)19(24)25/h3-6,12,17,20H,2,7-11,13H2,1H3,(H,21,22)/t17-/m1/s1. The number of ether oxygens (including phenoxy) is 1. The van der Waals surface area contributed by atoms with E-state index in [1.165, 1.54) is 0 Å². The summed E-state index contributed by atoms with van der Waals surface area (Å²) < 4.78 is 5.97. The Morgan fingerprint density at radius 3 is 3.00 bits per heavy atom. The number of H-pyrrole nitrogens is 1. The molecule has 1 amide bonds. The first kappa shape index (κ1) is 17.1. The van der Waals surface area contributed by atoms with E-state index < -0.39 is 0 Å². The smallest absolute Gasteiger partial charge is 0.245 e. The van der Waals surface area contributed by atoms with Crippen LogP contribution >= 0.6 is 0 Å². The number of hydrogen-bond acceptors (Lipinski definition) is 5. The molecule has 2 saturated heterocycles. The molecule has 26 heavy (non-hydrogen) atoms. The molecule has 2 aliphatic rings. The molecule has 0 saturated carbocycles. The normalized spacial score (nSPS) is 20.9. The number of anilines is 1. The van der Waals surface area contributed by atoms with E-state index in [4.69, 9.17) is 4.74 Å². The zero-order valence-corrected chi connectivity index (χ0v) is 15.1. The molecule has 0 aliphatic carbocycles. The highest BCUT2D eigenvalue weighted by molar-refractivity contribution is 5.98. The Hall–Kier alpha value is -2.38. The van der Waals surface area contributed by atoms with Gasteiger partial charge in [-0.2, -0.15) is 5.10 Å². The van der Waals surface area contributed by atoms with E-state index in [2.05, 4.69) is 27.3 Å². The number of fused-ring (bicyclic) bond motifs is 1. The van der Waals surface area contributed by atoms with Gasteiger partial charge in [0.1, 0.15) is 11.8 Å². The minimum Gasteiger partial charge on any atom is -0.493 e. The number of nitrogens with zero attached hydrogens (tertiary/aromatic N) is 3. The number of carbonyl (C=O) groups is 1. The van der Waals surface area contributed by atoms with Crippen molar-refractivity contribution in [3.05, 3.63) is 30.5 Å². The molecule has 7 heteroatoms. The number of nitrogens with one attached hydrogen (secondary N) is 2. The summed E-state index contributed by atoms with van der Waals surface area (Å²) in [5.74, 6) is 0.949. The van der Waals surface area contributed by atoms with Crippen molar-refractivity contribution < 1.29 is 9.53 Å². The summed E-state index contributed by atoms with van der Waals surface area (Å²) in [6.45, 7) is 6.96. The minimum absolute atomic E-state index is 0.0650. The molecule has 2 N–H and O–H groups in total. The zero-order chi connectivity index (χ0) is 17.9. The quantitative estimate of drug-likeness (QED) is 0.850. The monoisotopic (exact) mass is 355 g/mol. The molecule has 1 aromatic carbocycles. The summed E-state index contributed by atoms with van der Waals surface area (Å²) in [5, 5.41) is 10.4. The highest BCUT2D eigenvalue weighted by atomic mass is 16.5. The highest BCUT2D eigenvalue weighted by Gasteiger charge is 2.36. The van der Waals surface area contributed by atoms with Crippen LogP contribution in [-0.4, -0.2) is 66.4 Å². The van der Waals surface area contributed by atoms with Crippen molar-refractivity contribution in [3.8, 4) is 17.0 Å². The second-order valence-electron chi connectivity index (χ2n) is 6.75. The van der Waals surface area contributed by atoms with Crippen molar-refractivity contribution in [2.45, 2.75) is 19.4 Å². The van der Waals surface area contributed by atoms with E-state index in [0.29, 0.717) is 13.2 Å². The van der Waals surface area contributed by atoms with Crippen LogP contribution in [0, 0.1) is 0 Å². The third-order valence-corrected chi connectivity index (χ3v) is 5.05. The number of amides is 1. The fraction of sp³-hybridized carbons (Fsp3) is 0.474. The van der Waals surface area contributed by atoms with E-state index in [0.717, 1.165) is 55.3 Å². The van der Waals surface area contributed by atoms with E-state index in [-0.39, 0.29) is 11.9 Å². The lowest BCUT2D eigenvalue weighted by molar-refractivity contribution is -0.126. The Balaban J connectivity index is 1.63. The molecule has 0 unspecified atom stereocenters. The van der Waals surface area contributed by atoms with Gasteiger partial charge in [-0.05, 0) is 24.6 Å².